The average Bonchev–Trinajstić information content (AvgIpc) is 2.44. The first-order valence-corrected chi connectivity index (χ1v) is 4.14. The van der Waals surface area contributed by atoms with Gasteiger partial charge in [-0.3, -0.25) is 0 Å². The van der Waals surface area contributed by atoms with Gasteiger partial charge in [-0.15, -0.1) is 0 Å². The van der Waals surface area contributed by atoms with Gasteiger partial charge in [-0.1, -0.05) is 0 Å². The van der Waals surface area contributed by atoms with Crippen LogP contribution in [0.2, 0.25) is 0 Å². The Morgan fingerprint density at radius 3 is 2.00 bits per heavy atom. The summed E-state index contributed by atoms with van der Waals surface area (Å²) in [5.41, 5.74) is 0. The summed E-state index contributed by atoms with van der Waals surface area (Å²) >= 11 is 0. The van der Waals surface area contributed by atoms with Gasteiger partial charge in [0.05, 0.1) is 5.25 Å². The average molecular weight is 159 g/mol. The van der Waals surface area contributed by atoms with Crippen molar-refractivity contribution in [2.75, 3.05) is 7.05 Å². The topological polar surface area (TPSA) is 46.2 Å². The number of sulfonamides is 1. The molecule has 0 radical (unpaired) electrons. The maximum absolute atomic E-state index is 10.7. The van der Waals surface area contributed by atoms with E-state index >= 15 is 0 Å². The van der Waals surface area contributed by atoms with Gasteiger partial charge in [-0.2, -0.15) is 0 Å². The monoisotopic (exact) mass is 159 g/mol. The van der Waals surface area contributed by atoms with Crippen molar-refractivity contribution in [3.63, 3.8) is 0 Å². The van der Waals surface area contributed by atoms with Crippen LogP contribution in [0.25, 0.3) is 0 Å². The van der Waals surface area contributed by atoms with E-state index in [0.29, 0.717) is 0 Å². The summed E-state index contributed by atoms with van der Waals surface area (Å²) in [6.45, 7) is 0. The molecule has 1 N–H and O–H groups in total. The molecule has 0 unspecified atom stereocenters. The Labute approximate surface area is 77.6 Å². The van der Waals surface area contributed by atoms with Crippen LogP contribution in [0.4, 0.5) is 0 Å². The van der Waals surface area contributed by atoms with Crippen molar-refractivity contribution in [2.45, 2.75) is 18.1 Å². The third-order valence-electron chi connectivity index (χ3n) is 1.25. The fourth-order valence-corrected chi connectivity index (χ4v) is 1.64. The molecule has 1 aliphatic carbocycles. The predicted octanol–water partition coefficient (Wildman–Crippen LogP) is -0.951. The van der Waals surface area contributed by atoms with Gasteiger partial charge >= 0.3 is 29.6 Å². The molecule has 1 fully saturated rings. The van der Waals surface area contributed by atoms with E-state index in [4.69, 9.17) is 0 Å². The number of hydrogen-bond acceptors (Lipinski definition) is 2. The van der Waals surface area contributed by atoms with Crippen molar-refractivity contribution in [2.24, 2.45) is 0 Å². The van der Waals surface area contributed by atoms with Gasteiger partial charge in [0.25, 0.3) is 0 Å². The van der Waals surface area contributed by atoms with Crippen LogP contribution in [-0.4, -0.2) is 50.3 Å². The van der Waals surface area contributed by atoms with Crippen molar-refractivity contribution < 1.29 is 8.42 Å². The Morgan fingerprint density at radius 1 is 1.44 bits per heavy atom. The van der Waals surface area contributed by atoms with Gasteiger partial charge in [-0.25, -0.2) is 13.1 Å². The Balaban J connectivity index is 0.000000640. The second kappa shape index (κ2) is 3.34. The van der Waals surface area contributed by atoms with E-state index in [2.05, 4.69) is 4.72 Å². The van der Waals surface area contributed by atoms with Crippen molar-refractivity contribution in [3.05, 3.63) is 0 Å². The zero-order chi connectivity index (χ0) is 6.20. The number of nitrogens with one attached hydrogen (secondary N) is 1. The molecule has 0 bridgehead atoms. The minimum absolute atomic E-state index is 0. The standard InChI is InChI=1S/C4H9NO2S.Na.H/c1-5-8(6,7)4-2-3-4;;/h4-5H,2-3H2,1H3;;. The van der Waals surface area contributed by atoms with Crippen molar-refractivity contribution in [3.8, 4) is 0 Å². The molecule has 0 aromatic heterocycles. The molecule has 1 rings (SSSR count). The summed E-state index contributed by atoms with van der Waals surface area (Å²) in [6, 6.07) is 0. The molecule has 0 aromatic rings. The van der Waals surface area contributed by atoms with Gasteiger partial charge in [0, 0.05) is 0 Å². The van der Waals surface area contributed by atoms with Crippen LogP contribution in [0, 0.1) is 0 Å². The molecule has 0 aliphatic heterocycles. The zero-order valence-electron chi connectivity index (χ0n) is 4.72. The van der Waals surface area contributed by atoms with E-state index < -0.39 is 10.0 Å². The molecular formula is C4H10NNaO2S. The summed E-state index contributed by atoms with van der Waals surface area (Å²) in [5.74, 6) is 0. The molecule has 0 heterocycles. The first-order valence-electron chi connectivity index (χ1n) is 2.59. The fourth-order valence-electron chi connectivity index (χ4n) is 0.545. The van der Waals surface area contributed by atoms with Gasteiger partial charge in [0.15, 0.2) is 0 Å². The summed E-state index contributed by atoms with van der Waals surface area (Å²) in [7, 11) is -1.42. The fraction of sp³-hybridized carbons (Fsp3) is 1.00. The van der Waals surface area contributed by atoms with Gasteiger partial charge in [-0.05, 0) is 19.9 Å². The van der Waals surface area contributed by atoms with Gasteiger partial charge < -0.3 is 0 Å². The molecule has 0 atom stereocenters. The summed E-state index contributed by atoms with van der Waals surface area (Å²) in [4.78, 5) is 0. The Morgan fingerprint density at radius 2 is 1.89 bits per heavy atom. The Hall–Kier alpha value is 0.910. The van der Waals surface area contributed by atoms with Crippen LogP contribution < -0.4 is 4.72 Å². The van der Waals surface area contributed by atoms with Crippen molar-refractivity contribution in [1.82, 2.24) is 4.72 Å². The van der Waals surface area contributed by atoms with E-state index in [1.54, 1.807) is 0 Å². The third kappa shape index (κ3) is 2.55. The van der Waals surface area contributed by atoms with E-state index in [0.717, 1.165) is 12.8 Å². The van der Waals surface area contributed by atoms with Gasteiger partial charge in [0.1, 0.15) is 0 Å². The molecule has 5 heteroatoms. The van der Waals surface area contributed by atoms with Crippen LogP contribution in [0.3, 0.4) is 0 Å². The molecule has 1 aliphatic rings. The molecule has 9 heavy (non-hydrogen) atoms. The van der Waals surface area contributed by atoms with Crippen LogP contribution in [0.1, 0.15) is 12.8 Å². The molecule has 1 saturated carbocycles. The molecule has 0 aromatic carbocycles. The molecule has 0 spiro atoms. The summed E-state index contributed by atoms with van der Waals surface area (Å²) < 4.78 is 23.6. The SMILES string of the molecule is CNS(=O)(=O)C1CC1.[NaH]. The van der Waals surface area contributed by atoms with Crippen LogP contribution in [0.15, 0.2) is 0 Å². The molecule has 0 saturated heterocycles. The van der Waals surface area contributed by atoms with Crippen LogP contribution in [0.5, 0.6) is 0 Å². The molecule has 0 amide bonds. The predicted molar refractivity (Wildman–Crippen MR) is 38.2 cm³/mol. The van der Waals surface area contributed by atoms with Gasteiger partial charge in [0.2, 0.25) is 10.0 Å². The van der Waals surface area contributed by atoms with Crippen LogP contribution >= 0.6 is 0 Å². The molecule has 3 nitrogen and oxygen atoms in total. The zero-order valence-corrected chi connectivity index (χ0v) is 5.53. The first kappa shape index (κ1) is 9.91. The van der Waals surface area contributed by atoms with Crippen molar-refractivity contribution in [1.29, 1.82) is 0 Å². The van der Waals surface area contributed by atoms with E-state index in [1.165, 1.54) is 7.05 Å². The molecular weight excluding hydrogens is 149 g/mol. The minimum atomic E-state index is -2.88. The quantitative estimate of drug-likeness (QED) is 0.528. The number of rotatable bonds is 2. The molecule has 50 valence electrons. The van der Waals surface area contributed by atoms with E-state index in [-0.39, 0.29) is 34.8 Å². The van der Waals surface area contributed by atoms with E-state index in [1.807, 2.05) is 0 Å². The number of hydrogen-bond donors (Lipinski definition) is 1. The summed E-state index contributed by atoms with van der Waals surface area (Å²) in [6.07, 6.45) is 1.67. The normalized spacial score (nSPS) is 18.8. The third-order valence-corrected chi connectivity index (χ3v) is 3.17. The summed E-state index contributed by atoms with van der Waals surface area (Å²) in [5, 5.41) is -0.0764. The maximum atomic E-state index is 10.7. The van der Waals surface area contributed by atoms with Crippen molar-refractivity contribution >= 4 is 39.6 Å². The van der Waals surface area contributed by atoms with E-state index in [9.17, 15) is 8.42 Å². The Kier molecular flexibility index (Phi) is 3.68. The Bertz CT molecular complexity index is 173. The van der Waals surface area contributed by atoms with Crippen LogP contribution in [-0.2, 0) is 10.0 Å². The second-order valence-corrected chi connectivity index (χ2v) is 4.11. The first-order chi connectivity index (χ1) is 3.67. The second-order valence-electron chi connectivity index (χ2n) is 1.95.